The zero-order valence-corrected chi connectivity index (χ0v) is 11.7. The summed E-state index contributed by atoms with van der Waals surface area (Å²) in [4.78, 5) is 37.2. The summed E-state index contributed by atoms with van der Waals surface area (Å²) in [5.41, 5.74) is 0.642. The van der Waals surface area contributed by atoms with E-state index in [1.165, 1.54) is 18.5 Å². The SMILES string of the molecule is O=C(CNC(=O)OCc1ccccc1)Nc1c[nH]ccc1=O. The third kappa shape index (κ3) is 4.78. The fraction of sp³-hybridized carbons (Fsp3) is 0.133. The number of aromatic nitrogens is 1. The Hall–Kier alpha value is -3.09. The molecule has 0 saturated carbocycles. The van der Waals surface area contributed by atoms with Crippen molar-refractivity contribution in [1.29, 1.82) is 0 Å². The standard InChI is InChI=1S/C15H15N3O4/c19-13-6-7-16-8-12(13)18-14(20)9-17-15(21)22-10-11-4-2-1-3-5-11/h1-8H,9-10H2,(H,16,19)(H,17,21)(H,18,20). The van der Waals surface area contributed by atoms with Crippen molar-refractivity contribution in [3.8, 4) is 0 Å². The number of hydrogen-bond acceptors (Lipinski definition) is 4. The first-order valence-corrected chi connectivity index (χ1v) is 6.56. The molecule has 0 atom stereocenters. The zero-order valence-electron chi connectivity index (χ0n) is 11.7. The van der Waals surface area contributed by atoms with Gasteiger partial charge in [-0.1, -0.05) is 30.3 Å². The van der Waals surface area contributed by atoms with Gasteiger partial charge < -0.3 is 20.4 Å². The average molecular weight is 301 g/mol. The first kappa shape index (κ1) is 15.3. The van der Waals surface area contributed by atoms with Gasteiger partial charge >= 0.3 is 6.09 Å². The highest BCUT2D eigenvalue weighted by Crippen LogP contribution is 2.00. The molecule has 114 valence electrons. The van der Waals surface area contributed by atoms with Crippen molar-refractivity contribution < 1.29 is 14.3 Å². The van der Waals surface area contributed by atoms with Crippen LogP contribution in [0.3, 0.4) is 0 Å². The lowest BCUT2D eigenvalue weighted by Gasteiger charge is -2.07. The van der Waals surface area contributed by atoms with Crippen molar-refractivity contribution in [3.05, 3.63) is 64.6 Å². The van der Waals surface area contributed by atoms with E-state index in [4.69, 9.17) is 4.74 Å². The van der Waals surface area contributed by atoms with E-state index >= 15 is 0 Å². The Labute approximate surface area is 126 Å². The van der Waals surface area contributed by atoms with Gasteiger partial charge in [0.05, 0.1) is 0 Å². The van der Waals surface area contributed by atoms with Crippen LogP contribution in [0.1, 0.15) is 5.56 Å². The summed E-state index contributed by atoms with van der Waals surface area (Å²) in [6.45, 7) is -0.172. The van der Waals surface area contributed by atoms with E-state index < -0.39 is 12.0 Å². The Morgan fingerprint density at radius 1 is 1.14 bits per heavy atom. The van der Waals surface area contributed by atoms with Crippen LogP contribution in [0, 0.1) is 0 Å². The largest absolute Gasteiger partial charge is 0.445 e. The molecule has 0 fully saturated rings. The number of hydrogen-bond donors (Lipinski definition) is 3. The predicted molar refractivity (Wildman–Crippen MR) is 80.3 cm³/mol. The molecule has 0 spiro atoms. The van der Waals surface area contributed by atoms with E-state index in [9.17, 15) is 14.4 Å². The molecule has 0 aliphatic rings. The Morgan fingerprint density at radius 2 is 1.91 bits per heavy atom. The number of H-pyrrole nitrogens is 1. The minimum Gasteiger partial charge on any atom is -0.445 e. The van der Waals surface area contributed by atoms with Crippen molar-refractivity contribution in [2.75, 3.05) is 11.9 Å². The number of amides is 2. The number of pyridine rings is 1. The van der Waals surface area contributed by atoms with Crippen LogP contribution in [-0.4, -0.2) is 23.5 Å². The van der Waals surface area contributed by atoms with Crippen LogP contribution in [0.4, 0.5) is 10.5 Å². The Balaban J connectivity index is 1.73. The fourth-order valence-electron chi connectivity index (χ4n) is 1.63. The summed E-state index contributed by atoms with van der Waals surface area (Å²) in [5, 5.41) is 4.69. The van der Waals surface area contributed by atoms with Gasteiger partial charge in [0, 0.05) is 18.5 Å². The molecule has 0 bridgehead atoms. The summed E-state index contributed by atoms with van der Waals surface area (Å²) in [7, 11) is 0. The number of aromatic amines is 1. The molecular weight excluding hydrogens is 286 g/mol. The Morgan fingerprint density at radius 3 is 2.64 bits per heavy atom. The van der Waals surface area contributed by atoms with Gasteiger partial charge in [0.25, 0.3) is 0 Å². The van der Waals surface area contributed by atoms with Gasteiger partial charge in [-0.05, 0) is 5.56 Å². The van der Waals surface area contributed by atoms with Crippen molar-refractivity contribution in [3.63, 3.8) is 0 Å². The van der Waals surface area contributed by atoms with Gasteiger partial charge in [-0.25, -0.2) is 4.79 Å². The number of rotatable bonds is 5. The van der Waals surface area contributed by atoms with Gasteiger partial charge in [0.1, 0.15) is 18.8 Å². The van der Waals surface area contributed by atoms with Crippen molar-refractivity contribution in [2.45, 2.75) is 6.61 Å². The molecule has 7 nitrogen and oxygen atoms in total. The number of carbonyl (C=O) groups is 2. The number of alkyl carbamates (subject to hydrolysis) is 1. The molecule has 22 heavy (non-hydrogen) atoms. The van der Waals surface area contributed by atoms with Crippen molar-refractivity contribution in [1.82, 2.24) is 10.3 Å². The van der Waals surface area contributed by atoms with E-state index in [1.54, 1.807) is 0 Å². The lowest BCUT2D eigenvalue weighted by atomic mass is 10.2. The molecule has 0 unspecified atom stereocenters. The number of anilines is 1. The number of ether oxygens (including phenoxy) is 1. The maximum atomic E-state index is 11.6. The normalized spacial score (nSPS) is 9.82. The second kappa shape index (κ2) is 7.63. The highest BCUT2D eigenvalue weighted by atomic mass is 16.5. The molecule has 0 radical (unpaired) electrons. The highest BCUT2D eigenvalue weighted by Gasteiger charge is 2.08. The van der Waals surface area contributed by atoms with Crippen LogP contribution in [-0.2, 0) is 16.1 Å². The first-order chi connectivity index (χ1) is 10.6. The van der Waals surface area contributed by atoms with E-state index in [-0.39, 0.29) is 24.3 Å². The molecule has 7 heteroatoms. The van der Waals surface area contributed by atoms with Gasteiger partial charge in [0.15, 0.2) is 0 Å². The fourth-order valence-corrected chi connectivity index (χ4v) is 1.63. The molecule has 2 aromatic rings. The van der Waals surface area contributed by atoms with Crippen LogP contribution in [0.15, 0.2) is 53.6 Å². The minimum atomic E-state index is -0.707. The maximum Gasteiger partial charge on any atom is 0.407 e. The summed E-state index contributed by atoms with van der Waals surface area (Å²) in [5.74, 6) is -0.520. The van der Waals surface area contributed by atoms with E-state index in [1.807, 2.05) is 30.3 Å². The van der Waals surface area contributed by atoms with Crippen LogP contribution < -0.4 is 16.1 Å². The molecule has 1 aromatic heterocycles. The second-order valence-corrected chi connectivity index (χ2v) is 4.39. The summed E-state index contributed by atoms with van der Waals surface area (Å²) in [6, 6.07) is 10.5. The highest BCUT2D eigenvalue weighted by molar-refractivity contribution is 5.93. The Bertz CT molecular complexity index is 697. The lowest BCUT2D eigenvalue weighted by Crippen LogP contribution is -2.34. The van der Waals surface area contributed by atoms with Crippen LogP contribution in [0.2, 0.25) is 0 Å². The molecular formula is C15H15N3O4. The van der Waals surface area contributed by atoms with Crippen molar-refractivity contribution >= 4 is 17.7 Å². The molecule has 0 aliphatic carbocycles. The molecule has 1 aromatic carbocycles. The average Bonchev–Trinajstić information content (AvgIpc) is 2.54. The maximum absolute atomic E-state index is 11.6. The molecule has 3 N–H and O–H groups in total. The smallest absolute Gasteiger partial charge is 0.407 e. The third-order valence-electron chi connectivity index (χ3n) is 2.70. The third-order valence-corrected chi connectivity index (χ3v) is 2.70. The summed E-state index contributed by atoms with van der Waals surface area (Å²) < 4.78 is 4.95. The van der Waals surface area contributed by atoms with Crippen LogP contribution in [0.25, 0.3) is 0 Å². The van der Waals surface area contributed by atoms with Gasteiger partial charge in [-0.2, -0.15) is 0 Å². The molecule has 2 rings (SSSR count). The van der Waals surface area contributed by atoms with Crippen LogP contribution in [0.5, 0.6) is 0 Å². The van der Waals surface area contributed by atoms with Crippen LogP contribution >= 0.6 is 0 Å². The van der Waals surface area contributed by atoms with E-state index in [0.29, 0.717) is 0 Å². The molecule has 2 amide bonds. The molecule has 0 saturated heterocycles. The molecule has 1 heterocycles. The Kier molecular flexibility index (Phi) is 5.31. The van der Waals surface area contributed by atoms with Crippen molar-refractivity contribution in [2.24, 2.45) is 0 Å². The number of nitrogens with one attached hydrogen (secondary N) is 3. The lowest BCUT2D eigenvalue weighted by molar-refractivity contribution is -0.115. The predicted octanol–water partition coefficient (Wildman–Crippen LogP) is 1.24. The second-order valence-electron chi connectivity index (χ2n) is 4.39. The van der Waals surface area contributed by atoms with E-state index in [2.05, 4.69) is 15.6 Å². The summed E-state index contributed by atoms with van der Waals surface area (Å²) >= 11 is 0. The number of benzene rings is 1. The van der Waals surface area contributed by atoms with Gasteiger partial charge in [0.2, 0.25) is 11.3 Å². The minimum absolute atomic E-state index is 0.118. The monoisotopic (exact) mass is 301 g/mol. The summed E-state index contributed by atoms with van der Waals surface area (Å²) in [6.07, 6.45) is 2.12. The number of carbonyl (C=O) groups excluding carboxylic acids is 2. The zero-order chi connectivity index (χ0) is 15.8. The first-order valence-electron chi connectivity index (χ1n) is 6.56. The van der Waals surface area contributed by atoms with E-state index in [0.717, 1.165) is 5.56 Å². The van der Waals surface area contributed by atoms with Gasteiger partial charge in [-0.3, -0.25) is 9.59 Å². The quantitative estimate of drug-likeness (QED) is 0.773. The molecule has 0 aliphatic heterocycles. The topological polar surface area (TPSA) is 100 Å². The van der Waals surface area contributed by atoms with Gasteiger partial charge in [-0.15, -0.1) is 0 Å².